The molecule has 142 valence electrons. The molecule has 6 nitrogen and oxygen atoms in total. The molecule has 0 amide bonds. The van der Waals surface area contributed by atoms with E-state index in [4.69, 9.17) is 11.6 Å². The molecule has 0 radical (unpaired) electrons. The average molecular weight is 373 g/mol. The fourth-order valence-corrected chi connectivity index (χ4v) is 3.14. The summed E-state index contributed by atoms with van der Waals surface area (Å²) >= 11 is 0. The molecular formula is C21H24N2O4. The predicted molar refractivity (Wildman–Crippen MR) is 104 cm³/mol. The molecule has 0 N–H and O–H groups in total. The molecule has 0 spiro atoms. The summed E-state index contributed by atoms with van der Waals surface area (Å²) in [5.41, 5.74) is 2.66. The summed E-state index contributed by atoms with van der Waals surface area (Å²) in [4.78, 5) is 25.1. The minimum absolute atomic E-state index is 0.0469. The van der Waals surface area contributed by atoms with Gasteiger partial charge in [0.25, 0.3) is 0 Å². The number of rotatable bonds is 8. The first-order valence-corrected chi connectivity index (χ1v) is 8.86. The lowest BCUT2D eigenvalue weighted by Gasteiger charge is -2.19. The first-order valence-electron chi connectivity index (χ1n) is 11.4. The Kier molecular flexibility index (Phi) is 4.27. The van der Waals surface area contributed by atoms with Gasteiger partial charge in [-0.15, -0.1) is 0 Å². The summed E-state index contributed by atoms with van der Waals surface area (Å²) in [6, 6.07) is 2.39. The maximum absolute atomic E-state index is 12.3. The lowest BCUT2D eigenvalue weighted by atomic mass is 10.0. The third-order valence-electron chi connectivity index (χ3n) is 4.54. The Morgan fingerprint density at radius 1 is 1.37 bits per heavy atom. The SMILES string of the molecule is [2H]c1c([2H])c([2H])c(C(=O)OCCCN2CCc3cc(CC(C)[N+](=O)[O-])ccc32)c([2H])c1[2H]. The highest BCUT2D eigenvalue weighted by atomic mass is 16.6. The summed E-state index contributed by atoms with van der Waals surface area (Å²) in [6.07, 6.45) is 1.72. The largest absolute Gasteiger partial charge is 0.462 e. The molecule has 0 aliphatic carbocycles. The summed E-state index contributed by atoms with van der Waals surface area (Å²) in [5.74, 6) is -0.937. The molecule has 1 heterocycles. The third-order valence-corrected chi connectivity index (χ3v) is 4.54. The molecule has 2 aromatic carbocycles. The summed E-state index contributed by atoms with van der Waals surface area (Å²) < 4.78 is 43.7. The van der Waals surface area contributed by atoms with E-state index in [0.717, 1.165) is 29.8 Å². The lowest BCUT2D eigenvalue weighted by Crippen LogP contribution is -2.23. The van der Waals surface area contributed by atoms with Crippen LogP contribution in [0.25, 0.3) is 0 Å². The highest BCUT2D eigenvalue weighted by Gasteiger charge is 2.21. The van der Waals surface area contributed by atoms with Gasteiger partial charge in [0.15, 0.2) is 0 Å². The van der Waals surface area contributed by atoms with E-state index in [1.807, 2.05) is 18.2 Å². The van der Waals surface area contributed by atoms with E-state index in [9.17, 15) is 14.9 Å². The fourth-order valence-electron chi connectivity index (χ4n) is 3.14. The number of nitro groups is 1. The van der Waals surface area contributed by atoms with Crippen LogP contribution in [0.1, 0.15) is 41.7 Å². The van der Waals surface area contributed by atoms with Crippen molar-refractivity contribution in [1.29, 1.82) is 0 Å². The highest BCUT2D eigenvalue weighted by Crippen LogP contribution is 2.29. The van der Waals surface area contributed by atoms with Crippen LogP contribution >= 0.6 is 0 Å². The number of fused-ring (bicyclic) bond motifs is 1. The molecule has 1 aliphatic heterocycles. The van der Waals surface area contributed by atoms with Crippen molar-refractivity contribution >= 4 is 11.7 Å². The van der Waals surface area contributed by atoms with Crippen LogP contribution in [0.5, 0.6) is 0 Å². The van der Waals surface area contributed by atoms with Crippen molar-refractivity contribution in [3.8, 4) is 0 Å². The van der Waals surface area contributed by atoms with Crippen LogP contribution in [0, 0.1) is 10.1 Å². The van der Waals surface area contributed by atoms with Gasteiger partial charge in [0, 0.05) is 37.0 Å². The number of esters is 1. The average Bonchev–Trinajstić information content (AvgIpc) is 3.16. The topological polar surface area (TPSA) is 72.7 Å². The Balaban J connectivity index is 1.56. The molecule has 0 saturated carbocycles. The first-order chi connectivity index (χ1) is 15.1. The number of nitrogens with zero attached hydrogens (tertiary/aromatic N) is 2. The third kappa shape index (κ3) is 4.84. The van der Waals surface area contributed by atoms with E-state index in [-0.39, 0.29) is 11.5 Å². The number of ether oxygens (including phenoxy) is 1. The Bertz CT molecular complexity index is 1030. The molecule has 1 aliphatic rings. The maximum atomic E-state index is 12.3. The van der Waals surface area contributed by atoms with Gasteiger partial charge in [-0.3, -0.25) is 10.1 Å². The van der Waals surface area contributed by atoms with Crippen molar-refractivity contribution < 1.29 is 21.3 Å². The van der Waals surface area contributed by atoms with Gasteiger partial charge in [0.1, 0.15) is 0 Å². The van der Waals surface area contributed by atoms with Gasteiger partial charge >= 0.3 is 5.97 Å². The van der Waals surface area contributed by atoms with Crippen molar-refractivity contribution in [2.75, 3.05) is 24.6 Å². The van der Waals surface area contributed by atoms with Crippen LogP contribution in [-0.4, -0.2) is 36.6 Å². The standard InChI is InChI=1S/C21H24N2O4/c1-16(23(25)26)14-17-8-9-20-19(15-17)10-12-22(20)11-5-13-27-21(24)18-6-3-2-4-7-18/h2-4,6-9,15-16H,5,10-14H2,1H3/i2D,3D,4D,6D,7D. The van der Waals surface area contributed by atoms with E-state index in [2.05, 4.69) is 4.90 Å². The normalized spacial score (nSPS) is 16.5. The van der Waals surface area contributed by atoms with E-state index in [0.29, 0.717) is 19.4 Å². The van der Waals surface area contributed by atoms with Gasteiger partial charge < -0.3 is 9.64 Å². The Hall–Kier alpha value is -2.89. The molecule has 0 bridgehead atoms. The molecule has 0 saturated heterocycles. The van der Waals surface area contributed by atoms with Crippen molar-refractivity contribution in [2.24, 2.45) is 0 Å². The molecule has 2 aromatic rings. The van der Waals surface area contributed by atoms with Crippen LogP contribution < -0.4 is 4.90 Å². The molecule has 0 aromatic heterocycles. The second-order valence-corrected chi connectivity index (χ2v) is 6.53. The van der Waals surface area contributed by atoms with Crippen molar-refractivity contribution in [1.82, 2.24) is 0 Å². The second-order valence-electron chi connectivity index (χ2n) is 6.53. The smallest absolute Gasteiger partial charge is 0.338 e. The summed E-state index contributed by atoms with van der Waals surface area (Å²) in [6.45, 7) is 3.04. The van der Waals surface area contributed by atoms with Crippen molar-refractivity contribution in [3.05, 3.63) is 75.2 Å². The van der Waals surface area contributed by atoms with Gasteiger partial charge in [-0.05, 0) is 42.1 Å². The quantitative estimate of drug-likeness (QED) is 0.306. The molecule has 6 heteroatoms. The Morgan fingerprint density at radius 2 is 2.15 bits per heavy atom. The van der Waals surface area contributed by atoms with E-state index in [1.54, 1.807) is 6.92 Å². The van der Waals surface area contributed by atoms with Crippen molar-refractivity contribution in [3.63, 3.8) is 0 Å². The van der Waals surface area contributed by atoms with Crippen molar-refractivity contribution in [2.45, 2.75) is 32.2 Å². The molecule has 27 heavy (non-hydrogen) atoms. The lowest BCUT2D eigenvalue weighted by molar-refractivity contribution is -0.517. The molecular weight excluding hydrogens is 344 g/mol. The summed E-state index contributed by atoms with van der Waals surface area (Å²) in [7, 11) is 0. The highest BCUT2D eigenvalue weighted by molar-refractivity contribution is 5.89. The molecule has 3 rings (SSSR count). The number of carbonyl (C=O) groups is 1. The summed E-state index contributed by atoms with van der Waals surface area (Å²) in [5, 5.41) is 10.9. The van der Waals surface area contributed by atoms with E-state index < -0.39 is 47.8 Å². The predicted octanol–water partition coefficient (Wildman–Crippen LogP) is 3.50. The van der Waals surface area contributed by atoms with Gasteiger partial charge in [-0.1, -0.05) is 30.3 Å². The van der Waals surface area contributed by atoms with Crippen LogP contribution in [0.3, 0.4) is 0 Å². The van der Waals surface area contributed by atoms with Gasteiger partial charge in [0.05, 0.1) is 19.0 Å². The van der Waals surface area contributed by atoms with Gasteiger partial charge in [-0.25, -0.2) is 4.79 Å². The number of hydrogen-bond donors (Lipinski definition) is 0. The van der Waals surface area contributed by atoms with Gasteiger partial charge in [0.2, 0.25) is 6.04 Å². The van der Waals surface area contributed by atoms with Crippen LogP contribution in [0.15, 0.2) is 48.4 Å². The number of carbonyl (C=O) groups excluding carboxylic acids is 1. The minimum atomic E-state index is -0.937. The van der Waals surface area contributed by atoms with Crippen LogP contribution in [0.2, 0.25) is 0 Å². The number of anilines is 1. The second kappa shape index (κ2) is 8.66. The van der Waals surface area contributed by atoms with E-state index in [1.165, 1.54) is 0 Å². The first kappa shape index (κ1) is 13.3. The zero-order valence-electron chi connectivity index (χ0n) is 20.1. The zero-order chi connectivity index (χ0) is 23.6. The Labute approximate surface area is 165 Å². The molecule has 0 fully saturated rings. The van der Waals surface area contributed by atoms with Crippen LogP contribution in [-0.2, 0) is 17.6 Å². The Morgan fingerprint density at radius 3 is 2.89 bits per heavy atom. The minimum Gasteiger partial charge on any atom is -0.462 e. The number of benzene rings is 2. The number of hydrogen-bond acceptors (Lipinski definition) is 5. The zero-order valence-corrected chi connectivity index (χ0v) is 15.1. The monoisotopic (exact) mass is 373 g/mol. The van der Waals surface area contributed by atoms with Crippen LogP contribution in [0.4, 0.5) is 5.69 Å². The maximum Gasteiger partial charge on any atom is 0.338 e. The van der Waals surface area contributed by atoms with E-state index >= 15 is 0 Å². The fraction of sp³-hybridized carbons (Fsp3) is 0.381. The molecule has 1 atom stereocenters. The molecule has 1 unspecified atom stereocenters. The van der Waals surface area contributed by atoms with Gasteiger partial charge in [-0.2, -0.15) is 0 Å².